The van der Waals surface area contributed by atoms with Gasteiger partial charge in [-0.2, -0.15) is 0 Å². The predicted molar refractivity (Wildman–Crippen MR) is 132 cm³/mol. The standard InChI is InChI=1S/C25H20ClN5OS/c1-16-4-3-5-21(12-16)31-24(18-7-9-19(26)10-8-18)28-29-25(31)33-15-20-13-23(32)30-14-17(2)6-11-22(30)27-20/h3-14H,15H2,1-2H3. The van der Waals surface area contributed by atoms with Crippen LogP contribution >= 0.6 is 23.4 Å². The summed E-state index contributed by atoms with van der Waals surface area (Å²) in [6.07, 6.45) is 1.80. The Morgan fingerprint density at radius 1 is 0.939 bits per heavy atom. The molecular weight excluding hydrogens is 454 g/mol. The lowest BCUT2D eigenvalue weighted by Crippen LogP contribution is -2.15. The molecular formula is C25H20ClN5OS. The normalized spacial score (nSPS) is 11.2. The van der Waals surface area contributed by atoms with Gasteiger partial charge in [-0.25, -0.2) is 4.98 Å². The van der Waals surface area contributed by atoms with Crippen molar-refractivity contribution in [3.05, 3.63) is 105 Å². The van der Waals surface area contributed by atoms with Gasteiger partial charge >= 0.3 is 0 Å². The molecule has 5 rings (SSSR count). The Morgan fingerprint density at radius 3 is 2.55 bits per heavy atom. The van der Waals surface area contributed by atoms with Crippen molar-refractivity contribution in [2.24, 2.45) is 0 Å². The fraction of sp³-hybridized carbons (Fsp3) is 0.120. The van der Waals surface area contributed by atoms with E-state index < -0.39 is 0 Å². The lowest BCUT2D eigenvalue weighted by Gasteiger charge is -2.11. The molecule has 3 aromatic heterocycles. The molecule has 33 heavy (non-hydrogen) atoms. The molecule has 6 nitrogen and oxygen atoms in total. The second kappa shape index (κ2) is 8.84. The van der Waals surface area contributed by atoms with E-state index in [4.69, 9.17) is 11.6 Å². The van der Waals surface area contributed by atoms with E-state index in [1.807, 2.05) is 60.0 Å². The smallest absolute Gasteiger partial charge is 0.258 e. The molecule has 0 spiro atoms. The zero-order valence-electron chi connectivity index (χ0n) is 18.1. The molecule has 0 radical (unpaired) electrons. The van der Waals surface area contributed by atoms with Crippen LogP contribution in [0.1, 0.15) is 16.8 Å². The topological polar surface area (TPSA) is 65.1 Å². The van der Waals surface area contributed by atoms with Gasteiger partial charge in [0.25, 0.3) is 5.56 Å². The molecule has 0 unspecified atom stereocenters. The largest absolute Gasteiger partial charge is 0.270 e. The van der Waals surface area contributed by atoms with E-state index in [-0.39, 0.29) is 5.56 Å². The van der Waals surface area contributed by atoms with E-state index in [0.717, 1.165) is 33.4 Å². The molecule has 0 amide bonds. The van der Waals surface area contributed by atoms with E-state index in [1.54, 1.807) is 16.7 Å². The quantitative estimate of drug-likeness (QED) is 0.315. The number of hydrogen-bond acceptors (Lipinski definition) is 5. The van der Waals surface area contributed by atoms with Crippen LogP contribution in [0.3, 0.4) is 0 Å². The number of benzene rings is 2. The fourth-order valence-corrected chi connectivity index (χ4v) is 4.59. The molecule has 0 aliphatic heterocycles. The summed E-state index contributed by atoms with van der Waals surface area (Å²) in [5.74, 6) is 1.21. The highest BCUT2D eigenvalue weighted by atomic mass is 35.5. The molecule has 0 saturated heterocycles. The molecule has 5 aromatic rings. The first-order valence-electron chi connectivity index (χ1n) is 10.4. The van der Waals surface area contributed by atoms with Crippen LogP contribution < -0.4 is 5.56 Å². The Hall–Kier alpha value is -3.42. The van der Waals surface area contributed by atoms with E-state index in [0.29, 0.717) is 22.1 Å². The number of aromatic nitrogens is 5. The molecule has 0 saturated carbocycles. The zero-order chi connectivity index (χ0) is 22.9. The van der Waals surface area contributed by atoms with Crippen LogP contribution in [0.2, 0.25) is 5.02 Å². The number of thioether (sulfide) groups is 1. The molecule has 0 N–H and O–H groups in total. The molecule has 0 bridgehead atoms. The molecule has 0 fully saturated rings. The SMILES string of the molecule is Cc1cccc(-n2c(SCc3cc(=O)n4cc(C)ccc4n3)nnc2-c2ccc(Cl)cc2)c1. The minimum atomic E-state index is -0.0960. The number of halogens is 1. The summed E-state index contributed by atoms with van der Waals surface area (Å²) >= 11 is 7.57. The van der Waals surface area contributed by atoms with Gasteiger partial charge in [0.15, 0.2) is 11.0 Å². The first kappa shape index (κ1) is 21.4. The summed E-state index contributed by atoms with van der Waals surface area (Å²) < 4.78 is 3.59. The second-order valence-corrected chi connectivity index (χ2v) is 9.18. The van der Waals surface area contributed by atoms with Gasteiger partial charge in [-0.3, -0.25) is 13.8 Å². The van der Waals surface area contributed by atoms with E-state index in [2.05, 4.69) is 34.2 Å². The minimum Gasteiger partial charge on any atom is -0.270 e. The molecule has 0 atom stereocenters. The Balaban J connectivity index is 1.53. The van der Waals surface area contributed by atoms with Crippen LogP contribution in [-0.2, 0) is 5.75 Å². The van der Waals surface area contributed by atoms with E-state index >= 15 is 0 Å². The summed E-state index contributed by atoms with van der Waals surface area (Å²) in [7, 11) is 0. The summed E-state index contributed by atoms with van der Waals surface area (Å²) in [6, 6.07) is 21.1. The first-order chi connectivity index (χ1) is 16.0. The number of aryl methyl sites for hydroxylation is 2. The third-order valence-corrected chi connectivity index (χ3v) is 6.42. The highest BCUT2D eigenvalue weighted by Gasteiger charge is 2.17. The number of fused-ring (bicyclic) bond motifs is 1. The maximum atomic E-state index is 12.6. The summed E-state index contributed by atoms with van der Waals surface area (Å²) in [4.78, 5) is 17.2. The van der Waals surface area contributed by atoms with Gasteiger partial charge in [-0.15, -0.1) is 10.2 Å². The predicted octanol–water partition coefficient (Wildman–Crippen LogP) is 5.50. The Kier molecular flexibility index (Phi) is 5.74. The maximum absolute atomic E-state index is 12.6. The van der Waals surface area contributed by atoms with Crippen molar-refractivity contribution < 1.29 is 0 Å². The van der Waals surface area contributed by atoms with Gasteiger partial charge in [0.05, 0.1) is 5.69 Å². The third kappa shape index (κ3) is 4.42. The van der Waals surface area contributed by atoms with Gasteiger partial charge in [0.2, 0.25) is 0 Å². The maximum Gasteiger partial charge on any atom is 0.258 e. The van der Waals surface area contributed by atoms with E-state index in [9.17, 15) is 4.79 Å². The van der Waals surface area contributed by atoms with Crippen LogP contribution in [0.4, 0.5) is 0 Å². The van der Waals surface area contributed by atoms with Gasteiger partial charge in [-0.1, -0.05) is 41.6 Å². The number of pyridine rings is 1. The third-order valence-electron chi connectivity index (χ3n) is 5.21. The highest BCUT2D eigenvalue weighted by Crippen LogP contribution is 2.30. The summed E-state index contributed by atoms with van der Waals surface area (Å²) in [6.45, 7) is 4.00. The van der Waals surface area contributed by atoms with Gasteiger partial charge in [0.1, 0.15) is 5.65 Å². The van der Waals surface area contributed by atoms with Crippen molar-refractivity contribution in [1.82, 2.24) is 24.1 Å². The van der Waals surface area contributed by atoms with Crippen LogP contribution in [0.25, 0.3) is 22.7 Å². The highest BCUT2D eigenvalue weighted by molar-refractivity contribution is 7.98. The van der Waals surface area contributed by atoms with Crippen LogP contribution in [-0.4, -0.2) is 24.1 Å². The summed E-state index contributed by atoms with van der Waals surface area (Å²) in [5.41, 5.74) is 5.26. The van der Waals surface area contributed by atoms with Crippen molar-refractivity contribution in [2.45, 2.75) is 24.8 Å². The monoisotopic (exact) mass is 473 g/mol. The fourth-order valence-electron chi connectivity index (χ4n) is 3.62. The average molecular weight is 474 g/mol. The zero-order valence-corrected chi connectivity index (χ0v) is 19.6. The molecule has 3 heterocycles. The lowest BCUT2D eigenvalue weighted by molar-refractivity contribution is 0.883. The Labute approximate surface area is 199 Å². The summed E-state index contributed by atoms with van der Waals surface area (Å²) in [5, 5.41) is 10.3. The van der Waals surface area contributed by atoms with Crippen LogP contribution in [0, 0.1) is 13.8 Å². The molecule has 0 aliphatic rings. The van der Waals surface area contributed by atoms with Crippen molar-refractivity contribution in [2.75, 3.05) is 0 Å². The van der Waals surface area contributed by atoms with Crippen molar-refractivity contribution in [3.8, 4) is 17.1 Å². The number of rotatable bonds is 5. The molecule has 0 aliphatic carbocycles. The van der Waals surface area contributed by atoms with E-state index in [1.165, 1.54) is 11.8 Å². The van der Waals surface area contributed by atoms with Crippen molar-refractivity contribution in [3.63, 3.8) is 0 Å². The molecule has 164 valence electrons. The second-order valence-electron chi connectivity index (χ2n) is 7.80. The molecule has 2 aromatic carbocycles. The van der Waals surface area contributed by atoms with Crippen molar-refractivity contribution >= 4 is 29.0 Å². The lowest BCUT2D eigenvalue weighted by atomic mass is 10.2. The minimum absolute atomic E-state index is 0.0960. The van der Waals surface area contributed by atoms with Gasteiger partial charge in [0, 0.05) is 34.3 Å². The van der Waals surface area contributed by atoms with Crippen molar-refractivity contribution in [1.29, 1.82) is 0 Å². The average Bonchev–Trinajstić information content (AvgIpc) is 3.23. The van der Waals surface area contributed by atoms with Crippen LogP contribution in [0.15, 0.2) is 82.9 Å². The van der Waals surface area contributed by atoms with Gasteiger partial charge < -0.3 is 0 Å². The van der Waals surface area contributed by atoms with Crippen LogP contribution in [0.5, 0.6) is 0 Å². The Bertz CT molecular complexity index is 1520. The first-order valence-corrected chi connectivity index (χ1v) is 11.7. The van der Waals surface area contributed by atoms with Gasteiger partial charge in [-0.05, 0) is 67.4 Å². The molecule has 8 heteroatoms. The number of nitrogens with zero attached hydrogens (tertiary/aromatic N) is 5. The Morgan fingerprint density at radius 2 is 1.76 bits per heavy atom. The number of hydrogen-bond donors (Lipinski definition) is 0.